The number of anilines is 2. The summed E-state index contributed by atoms with van der Waals surface area (Å²) in [6.45, 7) is 0. The lowest BCUT2D eigenvalue weighted by atomic mass is 10.1. The predicted octanol–water partition coefficient (Wildman–Crippen LogP) is 5.92. The molecule has 0 unspecified atom stereocenters. The molecule has 0 aliphatic heterocycles. The van der Waals surface area contributed by atoms with Crippen LogP contribution in [0, 0.1) is 0 Å². The van der Waals surface area contributed by atoms with Crippen molar-refractivity contribution in [2.75, 3.05) is 17.7 Å². The fourth-order valence-corrected chi connectivity index (χ4v) is 4.89. The minimum Gasteiger partial charge on any atom is -0.465 e. The van der Waals surface area contributed by atoms with E-state index in [-0.39, 0.29) is 5.97 Å². The molecule has 0 atom stereocenters. The van der Waals surface area contributed by atoms with Crippen molar-refractivity contribution >= 4 is 68.5 Å². The van der Waals surface area contributed by atoms with Gasteiger partial charge in [-0.1, -0.05) is 29.6 Å². The SMILES string of the molecule is COC(=O)c1c(NC(=S)Nc2cc(Cl)ccc2Cl)sc2c1CCCCC2. The zero-order valence-corrected chi connectivity index (χ0v) is 17.3. The predicted molar refractivity (Wildman–Crippen MR) is 113 cm³/mol. The first-order valence-corrected chi connectivity index (χ1v) is 10.2. The summed E-state index contributed by atoms with van der Waals surface area (Å²) < 4.78 is 5.00. The van der Waals surface area contributed by atoms with Gasteiger partial charge in [0.2, 0.25) is 0 Å². The van der Waals surface area contributed by atoms with E-state index in [9.17, 15) is 4.79 Å². The molecule has 0 saturated heterocycles. The first-order valence-electron chi connectivity index (χ1n) is 8.25. The van der Waals surface area contributed by atoms with Crippen molar-refractivity contribution in [3.8, 4) is 0 Å². The summed E-state index contributed by atoms with van der Waals surface area (Å²) in [4.78, 5) is 13.6. The monoisotopic (exact) mass is 428 g/mol. The highest BCUT2D eigenvalue weighted by molar-refractivity contribution is 7.80. The van der Waals surface area contributed by atoms with Crippen molar-refractivity contribution < 1.29 is 9.53 Å². The van der Waals surface area contributed by atoms with Crippen LogP contribution in [0.1, 0.15) is 40.1 Å². The van der Waals surface area contributed by atoms with Gasteiger partial charge >= 0.3 is 5.97 Å². The third kappa shape index (κ3) is 4.31. The Morgan fingerprint density at radius 1 is 1.19 bits per heavy atom. The zero-order valence-electron chi connectivity index (χ0n) is 14.2. The van der Waals surface area contributed by atoms with Crippen molar-refractivity contribution in [2.45, 2.75) is 32.1 Å². The number of halogens is 2. The van der Waals surface area contributed by atoms with Crippen LogP contribution in [-0.4, -0.2) is 18.2 Å². The van der Waals surface area contributed by atoms with E-state index in [1.807, 2.05) is 0 Å². The van der Waals surface area contributed by atoms with E-state index in [4.69, 9.17) is 40.2 Å². The number of methoxy groups -OCH3 is 1. The van der Waals surface area contributed by atoms with E-state index < -0.39 is 0 Å². The Bertz CT molecular complexity index is 852. The van der Waals surface area contributed by atoms with E-state index >= 15 is 0 Å². The summed E-state index contributed by atoms with van der Waals surface area (Å²) in [6.07, 6.45) is 5.25. The number of carbonyl (C=O) groups excluding carboxylic acids is 1. The maximum atomic E-state index is 12.4. The number of carbonyl (C=O) groups is 1. The molecule has 0 saturated carbocycles. The highest BCUT2D eigenvalue weighted by atomic mass is 35.5. The molecule has 0 radical (unpaired) electrons. The quantitative estimate of drug-likeness (QED) is 0.360. The van der Waals surface area contributed by atoms with Gasteiger partial charge in [-0.3, -0.25) is 0 Å². The Morgan fingerprint density at radius 2 is 1.96 bits per heavy atom. The Balaban J connectivity index is 1.85. The van der Waals surface area contributed by atoms with Crippen LogP contribution in [0.25, 0.3) is 0 Å². The summed E-state index contributed by atoms with van der Waals surface area (Å²) in [7, 11) is 1.40. The summed E-state index contributed by atoms with van der Waals surface area (Å²) in [5, 5.41) is 8.28. The smallest absolute Gasteiger partial charge is 0.341 e. The Hall–Kier alpha value is -1.34. The fraction of sp³-hybridized carbons (Fsp3) is 0.333. The molecule has 1 aromatic carbocycles. The molecule has 1 aromatic heterocycles. The van der Waals surface area contributed by atoms with Crippen molar-refractivity contribution in [2.24, 2.45) is 0 Å². The van der Waals surface area contributed by atoms with E-state index in [1.54, 1.807) is 29.5 Å². The molecule has 1 aliphatic rings. The molecule has 0 spiro atoms. The van der Waals surface area contributed by atoms with Crippen LogP contribution in [0.3, 0.4) is 0 Å². The third-order valence-electron chi connectivity index (χ3n) is 4.21. The highest BCUT2D eigenvalue weighted by Gasteiger charge is 2.25. The molecule has 1 heterocycles. The Kier molecular flexibility index (Phi) is 6.40. The van der Waals surface area contributed by atoms with Gasteiger partial charge in [0, 0.05) is 9.90 Å². The molecular weight excluding hydrogens is 411 g/mol. The molecule has 4 nitrogen and oxygen atoms in total. The highest BCUT2D eigenvalue weighted by Crippen LogP contribution is 2.38. The van der Waals surface area contributed by atoms with Crippen LogP contribution in [0.5, 0.6) is 0 Å². The van der Waals surface area contributed by atoms with Gasteiger partial charge in [0.05, 0.1) is 23.4 Å². The lowest BCUT2D eigenvalue weighted by molar-refractivity contribution is 0.0601. The van der Waals surface area contributed by atoms with Crippen molar-refractivity contribution in [3.63, 3.8) is 0 Å². The normalized spacial score (nSPS) is 13.5. The number of ether oxygens (including phenoxy) is 1. The minimum absolute atomic E-state index is 0.338. The van der Waals surface area contributed by atoms with Crippen molar-refractivity contribution in [1.82, 2.24) is 0 Å². The average Bonchev–Trinajstić information content (AvgIpc) is 2.78. The van der Waals surface area contributed by atoms with Crippen LogP contribution >= 0.6 is 46.8 Å². The summed E-state index contributed by atoms with van der Waals surface area (Å²) in [5.74, 6) is -0.338. The summed E-state index contributed by atoms with van der Waals surface area (Å²) >= 11 is 19.1. The van der Waals surface area contributed by atoms with E-state index in [0.29, 0.717) is 31.4 Å². The lowest BCUT2D eigenvalue weighted by Gasteiger charge is -2.12. The average molecular weight is 429 g/mol. The number of hydrogen-bond acceptors (Lipinski definition) is 4. The van der Waals surface area contributed by atoms with E-state index in [0.717, 1.165) is 31.2 Å². The number of aryl methyl sites for hydroxylation is 1. The molecule has 1 aliphatic carbocycles. The molecule has 138 valence electrons. The second kappa shape index (κ2) is 8.57. The van der Waals surface area contributed by atoms with Gasteiger partial charge in [-0.25, -0.2) is 4.79 Å². The second-order valence-electron chi connectivity index (χ2n) is 5.96. The molecule has 8 heteroatoms. The molecule has 2 N–H and O–H groups in total. The fourth-order valence-electron chi connectivity index (χ4n) is 3.00. The Morgan fingerprint density at radius 3 is 2.73 bits per heavy atom. The minimum atomic E-state index is -0.338. The molecule has 2 aromatic rings. The number of nitrogens with one attached hydrogen (secondary N) is 2. The van der Waals surface area contributed by atoms with Gasteiger partial charge in [0.1, 0.15) is 5.00 Å². The second-order valence-corrected chi connectivity index (χ2v) is 8.32. The van der Waals surface area contributed by atoms with Gasteiger partial charge in [-0.05, 0) is 61.7 Å². The first kappa shape index (κ1) is 19.4. The number of thiophene rings is 1. The molecular formula is C18H18Cl2N2O2S2. The number of fused-ring (bicyclic) bond motifs is 1. The maximum Gasteiger partial charge on any atom is 0.341 e. The molecule has 0 amide bonds. The van der Waals surface area contributed by atoms with Gasteiger partial charge in [0.25, 0.3) is 0 Å². The van der Waals surface area contributed by atoms with E-state index in [1.165, 1.54) is 18.4 Å². The van der Waals surface area contributed by atoms with Crippen LogP contribution in [-0.2, 0) is 17.6 Å². The molecule has 3 rings (SSSR count). The zero-order chi connectivity index (χ0) is 18.7. The summed E-state index contributed by atoms with van der Waals surface area (Å²) in [5.41, 5.74) is 2.29. The molecule has 26 heavy (non-hydrogen) atoms. The largest absolute Gasteiger partial charge is 0.465 e. The number of hydrogen-bond donors (Lipinski definition) is 2. The molecule has 0 bridgehead atoms. The topological polar surface area (TPSA) is 50.4 Å². The van der Waals surface area contributed by atoms with Crippen molar-refractivity contribution in [1.29, 1.82) is 0 Å². The Labute approximate surface area is 171 Å². The first-order chi connectivity index (χ1) is 12.5. The third-order valence-corrected chi connectivity index (χ3v) is 6.19. The van der Waals surface area contributed by atoms with Gasteiger partial charge in [0.15, 0.2) is 5.11 Å². The molecule has 0 fully saturated rings. The van der Waals surface area contributed by atoms with Crippen LogP contribution in [0.15, 0.2) is 18.2 Å². The van der Waals surface area contributed by atoms with Gasteiger partial charge in [-0.15, -0.1) is 11.3 Å². The van der Waals surface area contributed by atoms with Gasteiger partial charge < -0.3 is 15.4 Å². The van der Waals surface area contributed by atoms with Crippen LogP contribution in [0.4, 0.5) is 10.7 Å². The number of esters is 1. The number of rotatable bonds is 3. The number of benzene rings is 1. The van der Waals surface area contributed by atoms with Crippen LogP contribution < -0.4 is 10.6 Å². The van der Waals surface area contributed by atoms with Gasteiger partial charge in [-0.2, -0.15) is 0 Å². The van der Waals surface area contributed by atoms with Crippen molar-refractivity contribution in [3.05, 3.63) is 44.2 Å². The summed E-state index contributed by atoms with van der Waals surface area (Å²) in [6, 6.07) is 5.10. The van der Waals surface area contributed by atoms with Crippen LogP contribution in [0.2, 0.25) is 10.0 Å². The number of thiocarbonyl (C=S) groups is 1. The lowest BCUT2D eigenvalue weighted by Crippen LogP contribution is -2.20. The van der Waals surface area contributed by atoms with E-state index in [2.05, 4.69) is 10.6 Å². The maximum absolute atomic E-state index is 12.4. The standard InChI is InChI=1S/C18H18Cl2N2O2S2/c1-24-17(23)15-11-5-3-2-4-6-14(11)26-16(15)22-18(25)21-13-9-10(19)7-8-12(13)20/h7-9H,2-6H2,1H3,(H2,21,22,25).